The second-order valence-electron chi connectivity index (χ2n) is 5.91. The van der Waals surface area contributed by atoms with Crippen LogP contribution in [0, 0.1) is 0 Å². The molecule has 7 heteroatoms. The van der Waals surface area contributed by atoms with E-state index in [9.17, 15) is 14.7 Å². The van der Waals surface area contributed by atoms with E-state index < -0.39 is 12.1 Å². The Balaban J connectivity index is 1.53. The zero-order chi connectivity index (χ0) is 18.8. The molecule has 7 nitrogen and oxygen atoms in total. The number of phenols is 1. The molecule has 2 N–H and O–H groups in total. The monoisotopic (exact) mass is 361 g/mol. The first-order chi connectivity index (χ1) is 13.1. The number of rotatable bonds is 4. The molecule has 0 aliphatic carbocycles. The normalized spacial score (nSPS) is 16.3. The number of nitrogens with one attached hydrogen (secondary N) is 1. The molecule has 1 fully saturated rings. The van der Waals surface area contributed by atoms with Crippen LogP contribution in [0.1, 0.15) is 11.6 Å². The Labute approximate surface area is 154 Å². The first-order valence-corrected chi connectivity index (χ1v) is 8.24. The summed E-state index contributed by atoms with van der Waals surface area (Å²) in [6.45, 7) is 0. The number of imide groups is 1. The third-order valence-electron chi connectivity index (χ3n) is 4.12. The molecule has 3 amide bonds. The largest absolute Gasteiger partial charge is 0.508 e. The zero-order valence-electron chi connectivity index (χ0n) is 14.1. The summed E-state index contributed by atoms with van der Waals surface area (Å²) in [5, 5.41) is 12.0. The lowest BCUT2D eigenvalue weighted by molar-refractivity contribution is -0.118. The number of phenolic OH excluding ortho intramolecular Hbond substituents is 1. The van der Waals surface area contributed by atoms with Gasteiger partial charge in [-0.1, -0.05) is 18.2 Å². The van der Waals surface area contributed by atoms with Gasteiger partial charge in [-0.2, -0.15) is 0 Å². The lowest BCUT2D eigenvalue weighted by Crippen LogP contribution is -2.30. The molecule has 3 aromatic rings. The van der Waals surface area contributed by atoms with Crippen LogP contribution in [0.5, 0.6) is 17.4 Å². The molecule has 4 rings (SSSR count). The Morgan fingerprint density at radius 3 is 2.37 bits per heavy atom. The van der Waals surface area contributed by atoms with Crippen molar-refractivity contribution in [1.82, 2.24) is 10.3 Å². The molecule has 2 aromatic carbocycles. The fourth-order valence-corrected chi connectivity index (χ4v) is 2.81. The molecule has 0 radical (unpaired) electrons. The summed E-state index contributed by atoms with van der Waals surface area (Å²) in [5.41, 5.74) is 1.04. The van der Waals surface area contributed by atoms with Gasteiger partial charge >= 0.3 is 6.03 Å². The van der Waals surface area contributed by atoms with E-state index in [1.807, 2.05) is 6.07 Å². The van der Waals surface area contributed by atoms with E-state index in [4.69, 9.17) is 4.74 Å². The number of carbonyl (C=O) groups is 2. The minimum atomic E-state index is -0.789. The van der Waals surface area contributed by atoms with Gasteiger partial charge in [-0.05, 0) is 48.0 Å². The van der Waals surface area contributed by atoms with Crippen molar-refractivity contribution in [2.75, 3.05) is 4.90 Å². The van der Waals surface area contributed by atoms with Crippen molar-refractivity contribution in [3.8, 4) is 17.4 Å². The van der Waals surface area contributed by atoms with Gasteiger partial charge in [0.1, 0.15) is 17.5 Å². The first-order valence-electron chi connectivity index (χ1n) is 8.24. The van der Waals surface area contributed by atoms with Crippen LogP contribution < -0.4 is 15.0 Å². The van der Waals surface area contributed by atoms with Gasteiger partial charge in [0.05, 0.1) is 5.69 Å². The Morgan fingerprint density at radius 2 is 1.70 bits per heavy atom. The SMILES string of the molecule is O=C1NC(c2ccc(O)cc2)C(=O)N1c1ccc(Oc2ccccn2)cc1. The number of pyridine rings is 1. The summed E-state index contributed by atoms with van der Waals surface area (Å²) >= 11 is 0. The predicted molar refractivity (Wildman–Crippen MR) is 97.6 cm³/mol. The first kappa shape index (κ1) is 16.6. The smallest absolute Gasteiger partial charge is 0.329 e. The van der Waals surface area contributed by atoms with Gasteiger partial charge in [-0.15, -0.1) is 0 Å². The zero-order valence-corrected chi connectivity index (χ0v) is 14.1. The van der Waals surface area contributed by atoms with Gasteiger partial charge in [0.2, 0.25) is 5.88 Å². The standard InChI is InChI=1S/C20H15N3O4/c24-15-8-4-13(5-9-15)18-19(25)23(20(26)22-18)14-6-10-16(11-7-14)27-17-3-1-2-12-21-17/h1-12,18,24H,(H,22,26). The molecule has 1 unspecified atom stereocenters. The van der Waals surface area contributed by atoms with Crippen molar-refractivity contribution in [3.63, 3.8) is 0 Å². The van der Waals surface area contributed by atoms with Crippen molar-refractivity contribution in [2.45, 2.75) is 6.04 Å². The lowest BCUT2D eigenvalue weighted by atomic mass is 10.1. The van der Waals surface area contributed by atoms with Crippen LogP contribution in [0.2, 0.25) is 0 Å². The van der Waals surface area contributed by atoms with E-state index in [1.54, 1.807) is 54.7 Å². The fourth-order valence-electron chi connectivity index (χ4n) is 2.81. The van der Waals surface area contributed by atoms with Gasteiger partial charge in [-0.25, -0.2) is 14.7 Å². The fraction of sp³-hybridized carbons (Fsp3) is 0.0500. The van der Waals surface area contributed by atoms with Crippen LogP contribution in [-0.2, 0) is 4.79 Å². The van der Waals surface area contributed by atoms with E-state index in [1.165, 1.54) is 12.1 Å². The van der Waals surface area contributed by atoms with Crippen LogP contribution in [0.3, 0.4) is 0 Å². The maximum absolute atomic E-state index is 12.7. The number of aromatic hydroxyl groups is 1. The summed E-state index contributed by atoms with van der Waals surface area (Å²) < 4.78 is 5.61. The third kappa shape index (κ3) is 3.30. The van der Waals surface area contributed by atoms with Gasteiger partial charge in [0.15, 0.2) is 0 Å². The second kappa shape index (κ2) is 6.80. The highest BCUT2D eigenvalue weighted by molar-refractivity contribution is 6.21. The summed E-state index contributed by atoms with van der Waals surface area (Å²) in [6.07, 6.45) is 1.63. The minimum absolute atomic E-state index is 0.0934. The van der Waals surface area contributed by atoms with Gasteiger partial charge < -0.3 is 15.2 Å². The summed E-state index contributed by atoms with van der Waals surface area (Å²) in [5.74, 6) is 0.701. The molecule has 0 bridgehead atoms. The van der Waals surface area contributed by atoms with Gasteiger partial charge in [-0.3, -0.25) is 4.79 Å². The number of anilines is 1. The molecule has 1 aliphatic rings. The van der Waals surface area contributed by atoms with E-state index in [0.29, 0.717) is 22.9 Å². The molecule has 1 aliphatic heterocycles. The number of urea groups is 1. The van der Waals surface area contributed by atoms with E-state index in [0.717, 1.165) is 4.90 Å². The van der Waals surface area contributed by atoms with E-state index in [-0.39, 0.29) is 11.7 Å². The minimum Gasteiger partial charge on any atom is -0.508 e. The number of nitrogens with zero attached hydrogens (tertiary/aromatic N) is 2. The molecule has 134 valence electrons. The van der Waals surface area contributed by atoms with Crippen LogP contribution in [0.25, 0.3) is 0 Å². The highest BCUT2D eigenvalue weighted by Gasteiger charge is 2.39. The molecule has 2 heterocycles. The lowest BCUT2D eigenvalue weighted by Gasteiger charge is -2.14. The number of hydrogen-bond acceptors (Lipinski definition) is 5. The topological polar surface area (TPSA) is 91.8 Å². The Hall–Kier alpha value is -3.87. The highest BCUT2D eigenvalue weighted by Crippen LogP contribution is 2.29. The van der Waals surface area contributed by atoms with E-state index >= 15 is 0 Å². The molecule has 1 atom stereocenters. The third-order valence-corrected chi connectivity index (χ3v) is 4.12. The predicted octanol–water partition coefficient (Wildman–Crippen LogP) is 3.38. The maximum atomic E-state index is 12.7. The van der Waals surface area contributed by atoms with Crippen molar-refractivity contribution in [1.29, 1.82) is 0 Å². The Kier molecular flexibility index (Phi) is 4.18. The maximum Gasteiger partial charge on any atom is 0.329 e. The molecule has 1 aromatic heterocycles. The highest BCUT2D eigenvalue weighted by atomic mass is 16.5. The summed E-state index contributed by atoms with van der Waals surface area (Å²) in [7, 11) is 0. The number of amides is 3. The Bertz CT molecular complexity index is 972. The van der Waals surface area contributed by atoms with E-state index in [2.05, 4.69) is 10.3 Å². The summed E-state index contributed by atoms with van der Waals surface area (Å²) in [6, 6.07) is 16.8. The van der Waals surface area contributed by atoms with Crippen LogP contribution in [0.15, 0.2) is 72.9 Å². The average Bonchev–Trinajstić information content (AvgIpc) is 2.98. The Morgan fingerprint density at radius 1 is 0.963 bits per heavy atom. The van der Waals surface area contributed by atoms with Crippen LogP contribution in [-0.4, -0.2) is 22.0 Å². The van der Waals surface area contributed by atoms with Gasteiger partial charge in [0.25, 0.3) is 5.91 Å². The van der Waals surface area contributed by atoms with Crippen molar-refractivity contribution in [3.05, 3.63) is 78.5 Å². The number of benzene rings is 2. The summed E-state index contributed by atoms with van der Waals surface area (Å²) in [4.78, 5) is 30.2. The molecule has 27 heavy (non-hydrogen) atoms. The van der Waals surface area contributed by atoms with Crippen molar-refractivity contribution >= 4 is 17.6 Å². The average molecular weight is 361 g/mol. The van der Waals surface area contributed by atoms with Crippen LogP contribution in [0.4, 0.5) is 10.5 Å². The van der Waals surface area contributed by atoms with Gasteiger partial charge in [0, 0.05) is 12.3 Å². The second-order valence-corrected chi connectivity index (χ2v) is 5.91. The number of carbonyl (C=O) groups excluding carboxylic acids is 2. The quantitative estimate of drug-likeness (QED) is 0.695. The van der Waals surface area contributed by atoms with Crippen LogP contribution >= 0.6 is 0 Å². The molecular formula is C20H15N3O4. The number of ether oxygens (including phenoxy) is 1. The molecule has 0 spiro atoms. The van der Waals surface area contributed by atoms with Crippen molar-refractivity contribution in [2.24, 2.45) is 0 Å². The number of hydrogen-bond donors (Lipinski definition) is 2. The number of aromatic nitrogens is 1. The molecule has 1 saturated heterocycles. The molecule has 0 saturated carbocycles. The molecular weight excluding hydrogens is 346 g/mol. The van der Waals surface area contributed by atoms with Crippen molar-refractivity contribution < 1.29 is 19.4 Å².